The molecule has 3 rings (SSSR count). The number of unbranched alkanes of at least 4 members (excludes halogenated alkanes) is 2. The maximum absolute atomic E-state index is 13.2. The molecule has 0 aliphatic rings. The van der Waals surface area contributed by atoms with E-state index < -0.39 is 51.5 Å². The fourth-order valence-electron chi connectivity index (χ4n) is 3.93. The third kappa shape index (κ3) is 10.3. The number of ether oxygens (including phenoxy) is 2. The summed E-state index contributed by atoms with van der Waals surface area (Å²) in [5.74, 6) is -1.85. The quantitative estimate of drug-likeness (QED) is 0.142. The summed E-state index contributed by atoms with van der Waals surface area (Å²) in [6.45, 7) is 5.27. The molecule has 12 nitrogen and oxygen atoms in total. The van der Waals surface area contributed by atoms with Crippen LogP contribution in [0.4, 0.5) is 4.79 Å². The van der Waals surface area contributed by atoms with Crippen LogP contribution in [0.3, 0.4) is 0 Å². The Hall–Kier alpha value is -4.17. The topological polar surface area (TPSA) is 161 Å². The summed E-state index contributed by atoms with van der Waals surface area (Å²) < 4.78 is 40.5. The number of aromatic nitrogens is 1. The van der Waals surface area contributed by atoms with Gasteiger partial charge in [0.05, 0.1) is 17.7 Å². The molecule has 228 valence electrons. The van der Waals surface area contributed by atoms with Gasteiger partial charge in [-0.15, -0.1) is 0 Å². The number of amides is 2. The minimum absolute atomic E-state index is 0.0687. The fraction of sp³-hybridized carbons (Fsp3) is 0.379. The highest BCUT2D eigenvalue weighted by molar-refractivity contribution is 7.89. The Morgan fingerprint density at radius 2 is 1.65 bits per heavy atom. The van der Waals surface area contributed by atoms with Crippen molar-refractivity contribution in [2.24, 2.45) is 0 Å². The molecule has 2 radical (unpaired) electrons. The third-order valence-corrected chi connectivity index (χ3v) is 7.45. The second-order valence-electron chi connectivity index (χ2n) is 10.6. The molecular weight excluding hydrogens is 575 g/mol. The number of nitrogens with zero attached hydrogens (tertiary/aromatic N) is 1. The van der Waals surface area contributed by atoms with Crippen LogP contribution in [0.15, 0.2) is 70.5 Å². The minimum atomic E-state index is -4.14. The molecule has 2 amide bonds. The van der Waals surface area contributed by atoms with E-state index in [-0.39, 0.29) is 10.5 Å². The van der Waals surface area contributed by atoms with Crippen molar-refractivity contribution in [2.75, 3.05) is 19.7 Å². The molecule has 1 atom stereocenters. The van der Waals surface area contributed by atoms with E-state index in [0.29, 0.717) is 30.8 Å². The Balaban J connectivity index is 1.71. The Kier molecular flexibility index (Phi) is 11.5. The van der Waals surface area contributed by atoms with E-state index in [4.69, 9.17) is 17.3 Å². The number of fused-ring (bicyclic) bond motifs is 1. The lowest BCUT2D eigenvalue weighted by Gasteiger charge is -2.24. The summed E-state index contributed by atoms with van der Waals surface area (Å²) in [5, 5.41) is 5.00. The largest absolute Gasteiger partial charge is 0.492 e. The van der Waals surface area contributed by atoms with E-state index in [2.05, 4.69) is 15.4 Å². The van der Waals surface area contributed by atoms with Gasteiger partial charge in [-0.25, -0.2) is 8.42 Å². The first-order valence-electron chi connectivity index (χ1n) is 13.7. The normalized spacial score (nSPS) is 12.3. The molecule has 0 saturated carbocycles. The van der Waals surface area contributed by atoms with E-state index in [1.165, 1.54) is 40.9 Å². The van der Waals surface area contributed by atoms with Crippen LogP contribution >= 0.6 is 0 Å². The first-order chi connectivity index (χ1) is 20.3. The third-order valence-electron chi connectivity index (χ3n) is 5.97. The average Bonchev–Trinajstić information content (AvgIpc) is 2.94. The number of benzene rings is 1. The van der Waals surface area contributed by atoms with Crippen molar-refractivity contribution < 1.29 is 32.3 Å². The zero-order valence-corrected chi connectivity index (χ0v) is 25.1. The maximum Gasteiger partial charge on any atom is 0.326 e. The van der Waals surface area contributed by atoms with Crippen LogP contribution in [0.1, 0.15) is 50.4 Å². The standard InChI is InChI=1S/C29H35BN4O8S/c1-29(2,3)42-27(37)24(33-43(39,40)22-10-6-4-7-11-22)18-32-25(35)23-15-13-20-12-14-21(19-34(20)26(23)36)41-17-9-5-8-16-31-28(30)38/h4,6-7,10-15,19,24,33H,5,8-9,16-18H2,1-3H3,(H,31,38)(H,32,35)/t24-/m0/s1. The lowest BCUT2D eigenvalue weighted by Crippen LogP contribution is -2.50. The van der Waals surface area contributed by atoms with Gasteiger partial charge >= 0.3 is 5.97 Å². The van der Waals surface area contributed by atoms with E-state index >= 15 is 0 Å². The molecular formula is C29H35BN4O8S. The van der Waals surface area contributed by atoms with Crippen molar-refractivity contribution in [3.8, 4) is 5.75 Å². The van der Waals surface area contributed by atoms with Gasteiger partial charge in [-0.2, -0.15) is 4.72 Å². The van der Waals surface area contributed by atoms with Gasteiger partial charge in [0.15, 0.2) is 13.7 Å². The molecule has 3 aromatic rings. The number of nitrogens with one attached hydrogen (secondary N) is 3. The van der Waals surface area contributed by atoms with Gasteiger partial charge in [0, 0.05) is 18.6 Å². The van der Waals surface area contributed by atoms with E-state index in [1.54, 1.807) is 45.0 Å². The van der Waals surface area contributed by atoms with Gasteiger partial charge in [-0.05, 0) is 76.4 Å². The first kappa shape index (κ1) is 33.3. The predicted molar refractivity (Wildman–Crippen MR) is 161 cm³/mol. The average molecular weight is 610 g/mol. The highest BCUT2D eigenvalue weighted by Crippen LogP contribution is 2.14. The van der Waals surface area contributed by atoms with Gasteiger partial charge in [0.2, 0.25) is 10.0 Å². The molecule has 0 spiro atoms. The van der Waals surface area contributed by atoms with Crippen molar-refractivity contribution in [2.45, 2.75) is 56.6 Å². The second-order valence-corrected chi connectivity index (χ2v) is 12.4. The zero-order chi connectivity index (χ0) is 31.6. The number of hydrogen-bond donors (Lipinski definition) is 3. The number of esters is 1. The summed E-state index contributed by atoms with van der Waals surface area (Å²) in [6, 6.07) is 12.3. The molecule has 0 bridgehead atoms. The Bertz CT molecular complexity index is 1600. The monoisotopic (exact) mass is 610 g/mol. The molecule has 0 unspecified atom stereocenters. The van der Waals surface area contributed by atoms with E-state index in [9.17, 15) is 27.6 Å². The van der Waals surface area contributed by atoms with Gasteiger partial charge < -0.3 is 20.1 Å². The van der Waals surface area contributed by atoms with Gasteiger partial charge in [-0.1, -0.05) is 18.2 Å². The highest BCUT2D eigenvalue weighted by atomic mass is 32.2. The Morgan fingerprint density at radius 1 is 0.953 bits per heavy atom. The molecule has 2 heterocycles. The number of carbonyl (C=O) groups excluding carboxylic acids is 3. The second kappa shape index (κ2) is 14.8. The van der Waals surface area contributed by atoms with Crippen LogP contribution in [-0.4, -0.2) is 69.7 Å². The minimum Gasteiger partial charge on any atom is -0.492 e. The molecule has 2 aromatic heterocycles. The van der Waals surface area contributed by atoms with Crippen LogP contribution in [0.2, 0.25) is 0 Å². The molecule has 43 heavy (non-hydrogen) atoms. The molecule has 1 aromatic carbocycles. The van der Waals surface area contributed by atoms with Crippen LogP contribution in [-0.2, 0) is 19.6 Å². The van der Waals surface area contributed by atoms with Crippen molar-refractivity contribution in [1.82, 2.24) is 19.8 Å². The summed E-state index contributed by atoms with van der Waals surface area (Å²) in [5.41, 5.74) is -1.24. The molecule has 0 saturated heterocycles. The van der Waals surface area contributed by atoms with E-state index in [0.717, 1.165) is 12.8 Å². The summed E-state index contributed by atoms with van der Waals surface area (Å²) >= 11 is 0. The molecule has 3 N–H and O–H groups in total. The zero-order valence-electron chi connectivity index (χ0n) is 24.3. The summed E-state index contributed by atoms with van der Waals surface area (Å²) in [6.07, 6.45) is 3.72. The first-order valence-corrected chi connectivity index (χ1v) is 15.1. The van der Waals surface area contributed by atoms with Crippen LogP contribution in [0.5, 0.6) is 5.75 Å². The van der Waals surface area contributed by atoms with Crippen molar-refractivity contribution in [3.05, 3.63) is 76.7 Å². The van der Waals surface area contributed by atoms with Gasteiger partial charge in [-0.3, -0.25) is 23.6 Å². The van der Waals surface area contributed by atoms with Crippen molar-refractivity contribution in [1.29, 1.82) is 0 Å². The number of pyridine rings is 2. The number of hydrogen-bond acceptors (Lipinski definition) is 8. The number of carbonyl (C=O) groups is 3. The maximum atomic E-state index is 13.2. The Morgan fingerprint density at radius 3 is 2.33 bits per heavy atom. The SMILES string of the molecule is [B]C(=O)NCCCCCOc1ccc2ccc(C(=O)NC[C@H](NS(=O)(=O)c3ccccc3)C(=O)OC(C)(C)C)c(=O)n2c1. The van der Waals surface area contributed by atoms with E-state index in [1.807, 2.05) is 0 Å². The van der Waals surface area contributed by atoms with Gasteiger partial charge in [0.25, 0.3) is 11.5 Å². The Labute approximate surface area is 251 Å². The summed E-state index contributed by atoms with van der Waals surface area (Å²) in [7, 11) is 0.893. The van der Waals surface area contributed by atoms with Crippen molar-refractivity contribution in [3.63, 3.8) is 0 Å². The predicted octanol–water partition coefficient (Wildman–Crippen LogP) is 2.15. The lowest BCUT2D eigenvalue weighted by atomic mass is 10.1. The van der Waals surface area contributed by atoms with Crippen LogP contribution < -0.4 is 25.7 Å². The lowest BCUT2D eigenvalue weighted by molar-refractivity contribution is -0.156. The highest BCUT2D eigenvalue weighted by Gasteiger charge is 2.30. The van der Waals surface area contributed by atoms with Crippen molar-refractivity contribution >= 4 is 41.1 Å². The molecule has 0 aliphatic heterocycles. The molecule has 0 aliphatic carbocycles. The fourth-order valence-corrected chi connectivity index (χ4v) is 5.13. The molecule has 14 heteroatoms. The number of rotatable bonds is 14. The van der Waals surface area contributed by atoms with Crippen LogP contribution in [0.25, 0.3) is 5.52 Å². The number of sulfonamides is 1. The van der Waals surface area contributed by atoms with Crippen LogP contribution in [0, 0.1) is 0 Å². The smallest absolute Gasteiger partial charge is 0.326 e. The molecule has 0 fully saturated rings. The summed E-state index contributed by atoms with van der Waals surface area (Å²) in [4.78, 5) is 49.8. The van der Waals surface area contributed by atoms with Gasteiger partial charge in [0.1, 0.15) is 23.0 Å².